The summed E-state index contributed by atoms with van der Waals surface area (Å²) in [5, 5.41) is 4.85. The zero-order valence-electron chi connectivity index (χ0n) is 8.37. The van der Waals surface area contributed by atoms with Gasteiger partial charge in [-0.2, -0.15) is 0 Å². The summed E-state index contributed by atoms with van der Waals surface area (Å²) in [6.45, 7) is 0. The number of nitrogen functional groups attached to an aromatic ring is 1. The van der Waals surface area contributed by atoms with Crippen molar-refractivity contribution < 1.29 is 8.42 Å². The van der Waals surface area contributed by atoms with Crippen molar-refractivity contribution in [3.63, 3.8) is 0 Å². The van der Waals surface area contributed by atoms with Gasteiger partial charge in [0.2, 0.25) is 10.0 Å². The molecule has 0 saturated carbocycles. The van der Waals surface area contributed by atoms with Gasteiger partial charge in [0.15, 0.2) is 0 Å². The Balaban J connectivity index is 0.000000212. The van der Waals surface area contributed by atoms with Crippen molar-refractivity contribution >= 4 is 15.7 Å². The molecule has 5 N–H and O–H groups in total. The van der Waals surface area contributed by atoms with Gasteiger partial charge < -0.3 is 10.7 Å². The maximum atomic E-state index is 10.8. The van der Waals surface area contributed by atoms with Crippen LogP contribution in [0.15, 0.2) is 47.9 Å². The summed E-state index contributed by atoms with van der Waals surface area (Å²) in [5.74, 6) is 0. The second kappa shape index (κ2) is 5.29. The Morgan fingerprint density at radius 1 is 1.25 bits per heavy atom. The Morgan fingerprint density at radius 3 is 2.25 bits per heavy atom. The van der Waals surface area contributed by atoms with Gasteiger partial charge in [0.1, 0.15) is 4.90 Å². The number of benzene rings is 1. The van der Waals surface area contributed by atoms with Crippen molar-refractivity contribution in [1.29, 1.82) is 0 Å². The van der Waals surface area contributed by atoms with Crippen molar-refractivity contribution in [2.75, 3.05) is 5.73 Å². The summed E-state index contributed by atoms with van der Waals surface area (Å²) >= 11 is 0. The van der Waals surface area contributed by atoms with E-state index in [4.69, 9.17) is 10.9 Å². The number of aromatic amines is 1. The SMILES string of the molecule is Nc1ccccc1S(N)(=O)=O.c1c[nH]cn1. The highest BCUT2D eigenvalue weighted by atomic mass is 32.2. The molecular weight excluding hydrogens is 228 g/mol. The van der Waals surface area contributed by atoms with E-state index in [0.29, 0.717) is 0 Å². The van der Waals surface area contributed by atoms with Gasteiger partial charge in [0, 0.05) is 12.4 Å². The van der Waals surface area contributed by atoms with Gasteiger partial charge in [0.05, 0.1) is 12.0 Å². The van der Waals surface area contributed by atoms with Gasteiger partial charge in [0.25, 0.3) is 0 Å². The van der Waals surface area contributed by atoms with Crippen LogP contribution >= 0.6 is 0 Å². The molecule has 1 heterocycles. The molecule has 0 amide bonds. The molecule has 86 valence electrons. The van der Waals surface area contributed by atoms with Crippen molar-refractivity contribution in [2.45, 2.75) is 4.90 Å². The van der Waals surface area contributed by atoms with Gasteiger partial charge in [-0.05, 0) is 12.1 Å². The van der Waals surface area contributed by atoms with Gasteiger partial charge in [-0.3, -0.25) is 0 Å². The lowest BCUT2D eigenvalue weighted by Gasteiger charge is -2.00. The third kappa shape index (κ3) is 3.71. The number of H-pyrrole nitrogens is 1. The van der Waals surface area contributed by atoms with Crippen LogP contribution in [0.2, 0.25) is 0 Å². The normalized spacial score (nSPS) is 10.3. The Labute approximate surface area is 93.4 Å². The number of nitrogens with two attached hydrogens (primary N) is 2. The summed E-state index contributed by atoms with van der Waals surface area (Å²) in [5.41, 5.74) is 5.52. The molecule has 2 rings (SSSR count). The zero-order valence-corrected chi connectivity index (χ0v) is 9.18. The predicted octanol–water partition coefficient (Wildman–Crippen LogP) is 0.326. The number of rotatable bonds is 1. The number of hydrogen-bond acceptors (Lipinski definition) is 4. The summed E-state index contributed by atoms with van der Waals surface area (Å²) in [4.78, 5) is 6.39. The largest absolute Gasteiger partial charge is 0.398 e. The van der Waals surface area contributed by atoms with Crippen molar-refractivity contribution in [3.8, 4) is 0 Å². The number of nitrogens with one attached hydrogen (secondary N) is 1. The molecule has 0 aliphatic carbocycles. The number of aromatic nitrogens is 2. The first-order chi connectivity index (χ1) is 7.52. The first-order valence-corrected chi connectivity index (χ1v) is 5.86. The Bertz CT molecular complexity index is 505. The molecule has 0 bridgehead atoms. The van der Waals surface area contributed by atoms with Crippen molar-refractivity contribution in [1.82, 2.24) is 9.97 Å². The molecule has 7 heteroatoms. The Hall–Kier alpha value is -1.86. The highest BCUT2D eigenvalue weighted by molar-refractivity contribution is 7.89. The number of para-hydroxylation sites is 1. The molecule has 1 aromatic heterocycles. The maximum absolute atomic E-state index is 10.8. The quantitative estimate of drug-likeness (QED) is 0.623. The van der Waals surface area contributed by atoms with Crippen LogP contribution in [0.5, 0.6) is 0 Å². The number of anilines is 1. The van der Waals surface area contributed by atoms with Crippen LogP contribution in [0.3, 0.4) is 0 Å². The molecular formula is C9H12N4O2S. The molecule has 0 atom stereocenters. The second-order valence-electron chi connectivity index (χ2n) is 2.84. The molecule has 0 spiro atoms. The van der Waals surface area contributed by atoms with Crippen molar-refractivity contribution in [2.24, 2.45) is 5.14 Å². The molecule has 16 heavy (non-hydrogen) atoms. The van der Waals surface area contributed by atoms with Gasteiger partial charge in [-0.25, -0.2) is 18.5 Å². The first kappa shape index (κ1) is 12.2. The Kier molecular flexibility index (Phi) is 4.03. The van der Waals surface area contributed by atoms with Crippen LogP contribution in [-0.2, 0) is 10.0 Å². The van der Waals surface area contributed by atoms with E-state index in [1.807, 2.05) is 0 Å². The molecule has 0 aliphatic heterocycles. The van der Waals surface area contributed by atoms with Gasteiger partial charge in [-0.1, -0.05) is 12.1 Å². The van der Waals surface area contributed by atoms with E-state index in [0.717, 1.165) is 0 Å². The minimum Gasteiger partial charge on any atom is -0.398 e. The highest BCUT2D eigenvalue weighted by Gasteiger charge is 2.09. The van der Waals surface area contributed by atoms with E-state index in [2.05, 4.69) is 9.97 Å². The number of nitrogens with zero attached hydrogens (tertiary/aromatic N) is 1. The van der Waals surface area contributed by atoms with Crippen LogP contribution < -0.4 is 10.9 Å². The number of hydrogen-bond donors (Lipinski definition) is 3. The van der Waals surface area contributed by atoms with E-state index >= 15 is 0 Å². The molecule has 0 saturated heterocycles. The number of primary sulfonamides is 1. The summed E-state index contributed by atoms with van der Waals surface area (Å²) in [7, 11) is -3.66. The second-order valence-corrected chi connectivity index (χ2v) is 4.37. The van der Waals surface area contributed by atoms with Gasteiger partial charge >= 0.3 is 0 Å². The lowest BCUT2D eigenvalue weighted by molar-refractivity contribution is 0.598. The van der Waals surface area contributed by atoms with E-state index in [1.54, 1.807) is 30.9 Å². The summed E-state index contributed by atoms with van der Waals surface area (Å²) in [6.07, 6.45) is 5.08. The Morgan fingerprint density at radius 2 is 1.94 bits per heavy atom. The minimum atomic E-state index is -3.66. The first-order valence-electron chi connectivity index (χ1n) is 4.32. The third-order valence-corrected chi connectivity index (χ3v) is 2.62. The molecule has 0 radical (unpaired) electrons. The fraction of sp³-hybridized carbons (Fsp3) is 0. The molecule has 6 nitrogen and oxygen atoms in total. The average molecular weight is 240 g/mol. The van der Waals surface area contributed by atoms with E-state index in [-0.39, 0.29) is 10.6 Å². The average Bonchev–Trinajstić information content (AvgIpc) is 2.74. The lowest BCUT2D eigenvalue weighted by atomic mass is 10.3. The van der Waals surface area contributed by atoms with Gasteiger partial charge in [-0.15, -0.1) is 0 Å². The number of sulfonamides is 1. The minimum absolute atomic E-state index is 0.0278. The van der Waals surface area contributed by atoms with E-state index < -0.39 is 10.0 Å². The van der Waals surface area contributed by atoms with Crippen LogP contribution in [0.4, 0.5) is 5.69 Å². The maximum Gasteiger partial charge on any atom is 0.240 e. The van der Waals surface area contributed by atoms with E-state index in [1.165, 1.54) is 12.1 Å². The zero-order chi connectivity index (χ0) is 12.0. The molecule has 2 aromatic rings. The number of imidazole rings is 1. The lowest BCUT2D eigenvalue weighted by Crippen LogP contribution is -2.13. The fourth-order valence-corrected chi connectivity index (χ4v) is 1.62. The summed E-state index contributed by atoms with van der Waals surface area (Å²) < 4.78 is 21.5. The predicted molar refractivity (Wildman–Crippen MR) is 60.8 cm³/mol. The van der Waals surface area contributed by atoms with E-state index in [9.17, 15) is 8.42 Å². The highest BCUT2D eigenvalue weighted by Crippen LogP contribution is 2.14. The smallest absolute Gasteiger partial charge is 0.240 e. The monoisotopic (exact) mass is 240 g/mol. The standard InChI is InChI=1S/C6H8N2O2S.C3H4N2/c7-5-3-1-2-4-6(5)11(8,9)10;1-2-5-3-4-1/h1-4H,7H2,(H2,8,9,10);1-3H,(H,4,5). The summed E-state index contributed by atoms with van der Waals surface area (Å²) in [6, 6.07) is 6.06. The molecule has 0 unspecified atom stereocenters. The molecule has 0 aliphatic rings. The fourth-order valence-electron chi connectivity index (χ4n) is 0.955. The van der Waals surface area contributed by atoms with Crippen LogP contribution in [-0.4, -0.2) is 18.4 Å². The van der Waals surface area contributed by atoms with Crippen LogP contribution in [0, 0.1) is 0 Å². The third-order valence-electron chi connectivity index (χ3n) is 1.63. The molecule has 1 aromatic carbocycles. The van der Waals surface area contributed by atoms with Crippen LogP contribution in [0.25, 0.3) is 0 Å². The van der Waals surface area contributed by atoms with Crippen molar-refractivity contribution in [3.05, 3.63) is 43.0 Å². The van der Waals surface area contributed by atoms with Crippen LogP contribution in [0.1, 0.15) is 0 Å². The topological polar surface area (TPSA) is 115 Å². The molecule has 0 fully saturated rings.